The van der Waals surface area contributed by atoms with Gasteiger partial charge < -0.3 is 21.8 Å². The van der Waals surface area contributed by atoms with Crippen molar-refractivity contribution in [2.75, 3.05) is 0 Å². The summed E-state index contributed by atoms with van der Waals surface area (Å²) in [4.78, 5) is 0. The molecule has 0 N–H and O–H groups in total. The van der Waals surface area contributed by atoms with Gasteiger partial charge in [-0.25, -0.2) is 0 Å². The molecule has 1 aromatic rings. The minimum absolute atomic E-state index is 0. The Balaban J connectivity index is -0.000000333. The van der Waals surface area contributed by atoms with E-state index in [-0.39, 0.29) is 32.2 Å². The van der Waals surface area contributed by atoms with E-state index in [1.165, 1.54) is 5.56 Å². The zero-order chi connectivity index (χ0) is 7.40. The van der Waals surface area contributed by atoms with Gasteiger partial charge in [0.05, 0.1) is 0 Å². The number of hydrogen-bond acceptors (Lipinski definition) is 0. The van der Waals surface area contributed by atoms with Gasteiger partial charge in [-0.1, -0.05) is 49.2 Å². The molecule has 0 radical (unpaired) electrons. The average molecular weight is 190 g/mol. The molecule has 1 aromatic carbocycles. The van der Waals surface area contributed by atoms with Gasteiger partial charge in [0.25, 0.3) is 0 Å². The summed E-state index contributed by atoms with van der Waals surface area (Å²) in [5.41, 5.74) is 1.38. The second-order valence-electron chi connectivity index (χ2n) is 2.79. The fourth-order valence-electron chi connectivity index (χ4n) is 1.02. The SMILES string of the molecule is [Al+3].[CH2-][C@H](C)Cc1ccccc1.[CH3-].[CH3-]. The molecule has 0 saturated heterocycles. The molecule has 0 unspecified atom stereocenters. The van der Waals surface area contributed by atoms with Crippen molar-refractivity contribution in [3.8, 4) is 0 Å². The van der Waals surface area contributed by atoms with Crippen molar-refractivity contribution in [1.82, 2.24) is 0 Å². The smallest absolute Gasteiger partial charge is 0.358 e. The molecule has 0 aliphatic heterocycles. The summed E-state index contributed by atoms with van der Waals surface area (Å²) in [6.07, 6.45) is 1.08. The fraction of sp³-hybridized carbons (Fsp3) is 0.250. The van der Waals surface area contributed by atoms with E-state index in [2.05, 4.69) is 38.1 Å². The molecular weight excluding hydrogens is 171 g/mol. The van der Waals surface area contributed by atoms with Crippen LogP contribution in [0.2, 0.25) is 0 Å². The predicted octanol–water partition coefficient (Wildman–Crippen LogP) is 3.22. The van der Waals surface area contributed by atoms with Gasteiger partial charge in [-0.3, -0.25) is 0 Å². The molecule has 0 amide bonds. The molecule has 0 fully saturated rings. The Morgan fingerprint density at radius 2 is 1.62 bits per heavy atom. The Morgan fingerprint density at radius 1 is 1.15 bits per heavy atom. The van der Waals surface area contributed by atoms with E-state index in [1.54, 1.807) is 0 Å². The zero-order valence-corrected chi connectivity index (χ0v) is 10.1. The van der Waals surface area contributed by atoms with E-state index in [9.17, 15) is 0 Å². The molecule has 0 nitrogen and oxygen atoms in total. The van der Waals surface area contributed by atoms with Crippen LogP contribution in [0.3, 0.4) is 0 Å². The molecule has 13 heavy (non-hydrogen) atoms. The first-order valence-electron chi connectivity index (χ1n) is 3.66. The van der Waals surface area contributed by atoms with Gasteiger partial charge in [0.1, 0.15) is 0 Å². The molecule has 0 aliphatic rings. The summed E-state index contributed by atoms with van der Waals surface area (Å²) < 4.78 is 0. The van der Waals surface area contributed by atoms with E-state index < -0.39 is 0 Å². The van der Waals surface area contributed by atoms with Crippen molar-refractivity contribution in [3.63, 3.8) is 0 Å². The largest absolute Gasteiger partial charge is 3.00 e. The number of rotatable bonds is 2. The van der Waals surface area contributed by atoms with Crippen molar-refractivity contribution >= 4 is 17.4 Å². The Hall–Kier alpha value is -0.248. The van der Waals surface area contributed by atoms with Crippen LogP contribution in [0, 0.1) is 27.7 Å². The standard InChI is InChI=1S/C10H13.2CH3.Al/c1-9(2)8-10-6-4-3-5-7-10;;;/h3-7,9H,1,8H2,2H3;2*1H3;/q3*-1;+3/t9-;;;/m1.../s1. The van der Waals surface area contributed by atoms with E-state index in [0.29, 0.717) is 5.92 Å². The van der Waals surface area contributed by atoms with Crippen molar-refractivity contribution in [3.05, 3.63) is 57.7 Å². The van der Waals surface area contributed by atoms with Crippen LogP contribution in [0.1, 0.15) is 12.5 Å². The molecule has 0 aromatic heterocycles. The molecule has 70 valence electrons. The van der Waals surface area contributed by atoms with Crippen LogP contribution in [0.4, 0.5) is 0 Å². The van der Waals surface area contributed by atoms with Crippen molar-refractivity contribution in [2.24, 2.45) is 5.92 Å². The second kappa shape index (κ2) is 9.84. The Bertz CT molecular complexity index is 180. The molecular formula is C12H19Al. The average Bonchev–Trinajstić information content (AvgIpc) is 1.88. The van der Waals surface area contributed by atoms with Crippen LogP contribution in [-0.4, -0.2) is 17.4 Å². The van der Waals surface area contributed by atoms with Crippen LogP contribution in [0.5, 0.6) is 0 Å². The third-order valence-corrected chi connectivity index (χ3v) is 1.43. The summed E-state index contributed by atoms with van der Waals surface area (Å²) in [6, 6.07) is 10.5. The Morgan fingerprint density at radius 3 is 2.00 bits per heavy atom. The predicted molar refractivity (Wildman–Crippen MR) is 63.2 cm³/mol. The first-order valence-corrected chi connectivity index (χ1v) is 3.66. The Labute approximate surface area is 94.5 Å². The molecule has 1 heteroatoms. The topological polar surface area (TPSA) is 0 Å². The molecule has 0 aliphatic carbocycles. The van der Waals surface area contributed by atoms with E-state index in [1.807, 2.05) is 6.07 Å². The maximum atomic E-state index is 3.93. The van der Waals surface area contributed by atoms with Crippen LogP contribution < -0.4 is 0 Å². The molecule has 0 heterocycles. The molecule has 1 atom stereocenters. The van der Waals surface area contributed by atoms with Gasteiger partial charge in [0.15, 0.2) is 0 Å². The van der Waals surface area contributed by atoms with Crippen LogP contribution in [0.25, 0.3) is 0 Å². The molecule has 1 rings (SSSR count). The molecule has 0 saturated carbocycles. The summed E-state index contributed by atoms with van der Waals surface area (Å²) in [5.74, 6) is 0.516. The third-order valence-electron chi connectivity index (χ3n) is 1.43. The van der Waals surface area contributed by atoms with E-state index in [0.717, 1.165) is 6.42 Å². The van der Waals surface area contributed by atoms with Crippen molar-refractivity contribution in [2.45, 2.75) is 13.3 Å². The summed E-state index contributed by atoms with van der Waals surface area (Å²) in [6.45, 7) is 6.07. The first kappa shape index (κ1) is 18.5. The summed E-state index contributed by atoms with van der Waals surface area (Å²) in [7, 11) is 0. The van der Waals surface area contributed by atoms with Gasteiger partial charge >= 0.3 is 17.4 Å². The number of hydrogen-bond donors (Lipinski definition) is 0. The van der Waals surface area contributed by atoms with E-state index in [4.69, 9.17) is 0 Å². The van der Waals surface area contributed by atoms with Gasteiger partial charge in [-0.2, -0.15) is 5.92 Å². The van der Waals surface area contributed by atoms with E-state index >= 15 is 0 Å². The quantitative estimate of drug-likeness (QED) is 0.496. The van der Waals surface area contributed by atoms with Gasteiger partial charge in [0.2, 0.25) is 0 Å². The van der Waals surface area contributed by atoms with Crippen LogP contribution in [-0.2, 0) is 6.42 Å². The van der Waals surface area contributed by atoms with Gasteiger partial charge in [0, 0.05) is 0 Å². The second-order valence-corrected chi connectivity index (χ2v) is 2.79. The minimum Gasteiger partial charge on any atom is -0.358 e. The van der Waals surface area contributed by atoms with Crippen molar-refractivity contribution in [1.29, 1.82) is 0 Å². The fourth-order valence-corrected chi connectivity index (χ4v) is 1.02. The molecule has 0 bridgehead atoms. The molecule has 0 spiro atoms. The normalized spacial score (nSPS) is 10.0. The third kappa shape index (κ3) is 8.09. The Kier molecular flexibility index (Phi) is 14.0. The summed E-state index contributed by atoms with van der Waals surface area (Å²) >= 11 is 0. The zero-order valence-electron chi connectivity index (χ0n) is 8.96. The maximum absolute atomic E-state index is 3.93. The van der Waals surface area contributed by atoms with Gasteiger partial charge in [-0.15, -0.1) is 0 Å². The maximum Gasteiger partial charge on any atom is 3.00 e. The number of benzene rings is 1. The van der Waals surface area contributed by atoms with Crippen molar-refractivity contribution < 1.29 is 0 Å². The van der Waals surface area contributed by atoms with Gasteiger partial charge in [-0.05, 0) is 0 Å². The summed E-state index contributed by atoms with van der Waals surface area (Å²) in [5, 5.41) is 0. The van der Waals surface area contributed by atoms with Crippen LogP contribution in [0.15, 0.2) is 30.3 Å². The monoisotopic (exact) mass is 190 g/mol. The van der Waals surface area contributed by atoms with Crippen LogP contribution >= 0.6 is 0 Å². The first-order chi connectivity index (χ1) is 4.79. The minimum atomic E-state index is 0.